The van der Waals surface area contributed by atoms with Gasteiger partial charge in [0.15, 0.2) is 11.6 Å². The Bertz CT molecular complexity index is 1040. The fourth-order valence-electron chi connectivity index (χ4n) is 3.14. The first kappa shape index (κ1) is 20.9. The van der Waals surface area contributed by atoms with Crippen molar-refractivity contribution >= 4 is 33.5 Å². The average molecular weight is 394 g/mol. The first-order valence-corrected chi connectivity index (χ1v) is 9.63. The second-order valence-electron chi connectivity index (χ2n) is 7.81. The Kier molecular flexibility index (Phi) is 6.25. The molecule has 0 N–H and O–H groups in total. The predicted molar refractivity (Wildman–Crippen MR) is 115 cm³/mol. The highest BCUT2D eigenvalue weighted by atomic mass is 16.3. The molecule has 1 heterocycles. The lowest BCUT2D eigenvalue weighted by atomic mass is 10.0. The number of nitrogens with zero attached hydrogens (tertiary/aromatic N) is 2. The van der Waals surface area contributed by atoms with E-state index in [-0.39, 0.29) is 17.0 Å². The zero-order valence-corrected chi connectivity index (χ0v) is 17.3. The van der Waals surface area contributed by atoms with Crippen LogP contribution in [0.1, 0.15) is 33.6 Å². The molecule has 0 aliphatic carbocycles. The molecular weight excluding hydrogens is 368 g/mol. The van der Waals surface area contributed by atoms with E-state index in [0.717, 1.165) is 0 Å². The molecule has 0 aliphatic rings. The number of hydrogen-bond donors (Lipinski definition) is 0. The lowest BCUT2D eigenvalue weighted by Crippen LogP contribution is -2.17. The van der Waals surface area contributed by atoms with Gasteiger partial charge in [-0.25, -0.2) is 0 Å². The molecule has 6 heteroatoms. The van der Waals surface area contributed by atoms with Gasteiger partial charge in [0.1, 0.15) is 11.2 Å². The van der Waals surface area contributed by atoms with Gasteiger partial charge in [0.25, 0.3) is 0 Å². The van der Waals surface area contributed by atoms with Gasteiger partial charge in [0.05, 0.1) is 10.8 Å². The number of carbonyl (C=O) groups excluding carboxylic acids is 2. The zero-order valence-electron chi connectivity index (χ0n) is 17.3. The highest BCUT2D eigenvalue weighted by Crippen LogP contribution is 2.22. The van der Waals surface area contributed by atoms with Crippen molar-refractivity contribution in [2.45, 2.75) is 12.8 Å². The van der Waals surface area contributed by atoms with Crippen LogP contribution in [0.3, 0.4) is 0 Å². The topological polar surface area (TPSA) is 70.8 Å². The molecule has 0 radical (unpaired) electrons. The van der Waals surface area contributed by atoms with Crippen molar-refractivity contribution in [1.82, 2.24) is 9.80 Å². The number of benzene rings is 2. The van der Waals surface area contributed by atoms with Crippen molar-refractivity contribution in [3.05, 3.63) is 57.7 Å². The van der Waals surface area contributed by atoms with Gasteiger partial charge in [0, 0.05) is 37.1 Å². The third-order valence-electron chi connectivity index (χ3n) is 4.89. The molecule has 0 saturated carbocycles. The smallest absolute Gasteiger partial charge is 0.200 e. The molecule has 0 unspecified atom stereocenters. The molecule has 0 bridgehead atoms. The Labute approximate surface area is 169 Å². The van der Waals surface area contributed by atoms with Crippen LogP contribution in [-0.4, -0.2) is 62.6 Å². The molecule has 0 amide bonds. The molecule has 0 saturated heterocycles. The number of ketones is 2. The van der Waals surface area contributed by atoms with E-state index in [1.54, 1.807) is 36.4 Å². The Balaban J connectivity index is 2.00. The van der Waals surface area contributed by atoms with Crippen LogP contribution in [0, 0.1) is 0 Å². The van der Waals surface area contributed by atoms with Crippen molar-refractivity contribution in [3.8, 4) is 0 Å². The highest BCUT2D eigenvalue weighted by molar-refractivity contribution is 6.02. The summed E-state index contributed by atoms with van der Waals surface area (Å²) >= 11 is 0. The minimum Gasteiger partial charge on any atom is -0.456 e. The molecule has 152 valence electrons. The third kappa shape index (κ3) is 4.78. The SMILES string of the molecule is CN(C)CCC(=O)c1ccc2c(=O)c3ccc(C(=O)CCN(C)C)cc3oc2c1. The summed E-state index contributed by atoms with van der Waals surface area (Å²) in [4.78, 5) is 41.6. The lowest BCUT2D eigenvalue weighted by molar-refractivity contribution is 0.0965. The molecule has 2 aromatic carbocycles. The number of fused-ring (bicyclic) bond motifs is 2. The van der Waals surface area contributed by atoms with E-state index >= 15 is 0 Å². The lowest BCUT2D eigenvalue weighted by Gasteiger charge is -2.09. The van der Waals surface area contributed by atoms with E-state index in [9.17, 15) is 14.4 Å². The van der Waals surface area contributed by atoms with Gasteiger partial charge in [-0.1, -0.05) is 12.1 Å². The van der Waals surface area contributed by atoms with Crippen molar-refractivity contribution < 1.29 is 14.0 Å². The minimum atomic E-state index is -0.166. The van der Waals surface area contributed by atoms with Crippen molar-refractivity contribution in [3.63, 3.8) is 0 Å². The maximum absolute atomic E-state index is 12.8. The van der Waals surface area contributed by atoms with Crippen LogP contribution < -0.4 is 5.43 Å². The van der Waals surface area contributed by atoms with Gasteiger partial charge in [0.2, 0.25) is 5.43 Å². The first-order valence-electron chi connectivity index (χ1n) is 9.63. The molecule has 29 heavy (non-hydrogen) atoms. The molecule has 0 atom stereocenters. The summed E-state index contributed by atoms with van der Waals surface area (Å²) in [6.07, 6.45) is 0.779. The molecule has 0 fully saturated rings. The maximum atomic E-state index is 12.8. The largest absolute Gasteiger partial charge is 0.456 e. The second-order valence-corrected chi connectivity index (χ2v) is 7.81. The maximum Gasteiger partial charge on any atom is 0.200 e. The van der Waals surface area contributed by atoms with E-state index in [2.05, 4.69) is 0 Å². The third-order valence-corrected chi connectivity index (χ3v) is 4.89. The van der Waals surface area contributed by atoms with E-state index in [0.29, 0.717) is 59.0 Å². The molecule has 0 spiro atoms. The van der Waals surface area contributed by atoms with E-state index in [1.165, 1.54) is 0 Å². The summed E-state index contributed by atoms with van der Waals surface area (Å²) in [6.45, 7) is 1.30. The number of Topliss-reactive ketones (excluding diaryl/α,β-unsaturated/α-hetero) is 2. The molecular formula is C23H26N2O4. The summed E-state index contributed by atoms with van der Waals surface area (Å²) in [5.74, 6) is -0.00748. The van der Waals surface area contributed by atoms with Crippen LogP contribution in [0.5, 0.6) is 0 Å². The Morgan fingerprint density at radius 3 is 1.55 bits per heavy atom. The van der Waals surface area contributed by atoms with Crippen molar-refractivity contribution in [2.75, 3.05) is 41.3 Å². The van der Waals surface area contributed by atoms with Gasteiger partial charge in [-0.05, 0) is 52.5 Å². The highest BCUT2D eigenvalue weighted by Gasteiger charge is 2.14. The van der Waals surface area contributed by atoms with Crippen LogP contribution in [-0.2, 0) is 0 Å². The van der Waals surface area contributed by atoms with Gasteiger partial charge in [-0.2, -0.15) is 0 Å². The fraction of sp³-hybridized carbons (Fsp3) is 0.348. The Hall–Kier alpha value is -2.83. The quantitative estimate of drug-likeness (QED) is 0.432. The van der Waals surface area contributed by atoms with Crippen LogP contribution >= 0.6 is 0 Å². The average Bonchev–Trinajstić information content (AvgIpc) is 2.69. The normalized spacial score (nSPS) is 11.7. The van der Waals surface area contributed by atoms with Gasteiger partial charge < -0.3 is 14.2 Å². The number of hydrogen-bond acceptors (Lipinski definition) is 6. The van der Waals surface area contributed by atoms with Gasteiger partial charge >= 0.3 is 0 Å². The molecule has 3 rings (SSSR count). The van der Waals surface area contributed by atoms with E-state index in [4.69, 9.17) is 4.42 Å². The molecule has 1 aromatic heterocycles. The summed E-state index contributed by atoms with van der Waals surface area (Å²) in [5.41, 5.74) is 1.58. The van der Waals surface area contributed by atoms with Gasteiger partial charge in [-0.15, -0.1) is 0 Å². The molecule has 6 nitrogen and oxygen atoms in total. The fourth-order valence-corrected chi connectivity index (χ4v) is 3.14. The molecule has 3 aromatic rings. The Morgan fingerprint density at radius 1 is 0.759 bits per heavy atom. The number of rotatable bonds is 8. The monoisotopic (exact) mass is 394 g/mol. The summed E-state index contributed by atoms with van der Waals surface area (Å²) in [5, 5.41) is 0.849. The summed E-state index contributed by atoms with van der Waals surface area (Å²) in [7, 11) is 7.65. The standard InChI is InChI=1S/C23H26N2O4/c1-24(2)11-9-19(26)15-5-7-17-21(13-15)29-22-14-16(6-8-18(22)23(17)28)20(27)10-12-25(3)4/h5-8,13-14H,9-12H2,1-4H3. The predicted octanol–water partition coefficient (Wildman–Crippen LogP) is 3.22. The van der Waals surface area contributed by atoms with Crippen LogP contribution in [0.15, 0.2) is 45.6 Å². The van der Waals surface area contributed by atoms with Crippen molar-refractivity contribution in [1.29, 1.82) is 0 Å². The Morgan fingerprint density at radius 2 is 1.17 bits per heavy atom. The van der Waals surface area contributed by atoms with Crippen LogP contribution in [0.25, 0.3) is 21.9 Å². The van der Waals surface area contributed by atoms with Crippen LogP contribution in [0.2, 0.25) is 0 Å². The van der Waals surface area contributed by atoms with E-state index < -0.39 is 0 Å². The molecule has 0 aliphatic heterocycles. The van der Waals surface area contributed by atoms with Gasteiger partial charge in [-0.3, -0.25) is 14.4 Å². The first-order chi connectivity index (χ1) is 13.8. The zero-order chi connectivity index (χ0) is 21.1. The van der Waals surface area contributed by atoms with Crippen molar-refractivity contribution in [2.24, 2.45) is 0 Å². The summed E-state index contributed by atoms with van der Waals surface area (Å²) in [6, 6.07) is 9.85. The minimum absolute atomic E-state index is 0.00374. The number of carbonyl (C=O) groups is 2. The second kappa shape index (κ2) is 8.68. The van der Waals surface area contributed by atoms with E-state index in [1.807, 2.05) is 38.0 Å². The van der Waals surface area contributed by atoms with Crippen LogP contribution in [0.4, 0.5) is 0 Å². The summed E-state index contributed by atoms with van der Waals surface area (Å²) < 4.78 is 5.93.